The lowest BCUT2D eigenvalue weighted by Gasteiger charge is -2.20. The zero-order valence-corrected chi connectivity index (χ0v) is 16.8. The fraction of sp³-hybridized carbons (Fsp3) is 0.550. The van der Waals surface area contributed by atoms with Gasteiger partial charge < -0.3 is 19.7 Å². The van der Waals surface area contributed by atoms with Crippen molar-refractivity contribution in [2.24, 2.45) is 5.92 Å². The number of carbonyl (C=O) groups excluding carboxylic acids is 3. The van der Waals surface area contributed by atoms with Crippen molar-refractivity contribution in [2.45, 2.75) is 32.2 Å². The Morgan fingerprint density at radius 3 is 2.54 bits per heavy atom. The molecule has 152 valence electrons. The summed E-state index contributed by atoms with van der Waals surface area (Å²) in [5, 5.41) is 2.60. The fourth-order valence-corrected chi connectivity index (χ4v) is 3.76. The smallest absolute Gasteiger partial charge is 0.325 e. The van der Waals surface area contributed by atoms with Gasteiger partial charge in [-0.1, -0.05) is 6.07 Å². The van der Waals surface area contributed by atoms with Crippen molar-refractivity contribution in [3.8, 4) is 11.5 Å². The number of hydrogen-bond acceptors (Lipinski definition) is 5. The summed E-state index contributed by atoms with van der Waals surface area (Å²) in [6, 6.07) is 5.33. The summed E-state index contributed by atoms with van der Waals surface area (Å²) >= 11 is 0. The van der Waals surface area contributed by atoms with Crippen LogP contribution in [0.15, 0.2) is 18.2 Å². The van der Waals surface area contributed by atoms with Crippen LogP contribution >= 0.6 is 0 Å². The molecule has 1 N–H and O–H groups in total. The highest BCUT2D eigenvalue weighted by Gasteiger charge is 2.45. The predicted molar refractivity (Wildman–Crippen MR) is 102 cm³/mol. The van der Waals surface area contributed by atoms with E-state index in [0.717, 1.165) is 23.3 Å². The molecule has 2 aliphatic rings. The van der Waals surface area contributed by atoms with Crippen molar-refractivity contribution in [2.75, 3.05) is 33.9 Å². The van der Waals surface area contributed by atoms with Crippen LogP contribution in [-0.2, 0) is 16.0 Å². The molecule has 0 spiro atoms. The third-order valence-electron chi connectivity index (χ3n) is 5.35. The number of nitrogens with one attached hydrogen (secondary N) is 1. The molecule has 0 bridgehead atoms. The largest absolute Gasteiger partial charge is 0.493 e. The van der Waals surface area contributed by atoms with E-state index in [1.165, 1.54) is 0 Å². The van der Waals surface area contributed by atoms with Gasteiger partial charge in [0.05, 0.1) is 14.2 Å². The second-order valence-electron chi connectivity index (χ2n) is 7.83. The maximum Gasteiger partial charge on any atom is 0.325 e. The molecule has 0 aliphatic carbocycles. The molecule has 2 aliphatic heterocycles. The van der Waals surface area contributed by atoms with Crippen LogP contribution in [0.2, 0.25) is 0 Å². The molecule has 8 nitrogen and oxygen atoms in total. The first-order chi connectivity index (χ1) is 13.2. The van der Waals surface area contributed by atoms with Gasteiger partial charge in [-0.25, -0.2) is 4.79 Å². The SMILES string of the molecule is COc1ccc(CC2CCN(C(=O)CN3C(=O)NC(C)(C)C3=O)C2)cc1OC. The van der Waals surface area contributed by atoms with Gasteiger partial charge in [-0.05, 0) is 50.3 Å². The van der Waals surface area contributed by atoms with Gasteiger partial charge in [0, 0.05) is 13.1 Å². The lowest BCUT2D eigenvalue weighted by Crippen LogP contribution is -2.44. The third kappa shape index (κ3) is 3.90. The Hall–Kier alpha value is -2.77. The molecular weight excluding hydrogens is 362 g/mol. The highest BCUT2D eigenvalue weighted by atomic mass is 16.5. The number of methoxy groups -OCH3 is 2. The number of hydrogen-bond donors (Lipinski definition) is 1. The monoisotopic (exact) mass is 389 g/mol. The standard InChI is InChI=1S/C20H27N3O5/c1-20(2)18(25)23(19(26)21-20)12-17(24)22-8-7-14(11-22)9-13-5-6-15(27-3)16(10-13)28-4/h5-6,10,14H,7-9,11-12H2,1-4H3,(H,21,26). The van der Waals surface area contributed by atoms with E-state index in [2.05, 4.69) is 5.32 Å². The summed E-state index contributed by atoms with van der Waals surface area (Å²) in [5.41, 5.74) is 0.158. The summed E-state index contributed by atoms with van der Waals surface area (Å²) in [7, 11) is 3.21. The van der Waals surface area contributed by atoms with E-state index in [-0.39, 0.29) is 18.4 Å². The van der Waals surface area contributed by atoms with Crippen LogP contribution in [-0.4, -0.2) is 67.0 Å². The number of nitrogens with zero attached hydrogens (tertiary/aromatic N) is 2. The summed E-state index contributed by atoms with van der Waals surface area (Å²) in [6.45, 7) is 4.29. The molecule has 1 atom stereocenters. The van der Waals surface area contributed by atoms with E-state index >= 15 is 0 Å². The minimum absolute atomic E-state index is 0.198. The number of likely N-dealkylation sites (tertiary alicyclic amines) is 1. The van der Waals surface area contributed by atoms with Crippen molar-refractivity contribution < 1.29 is 23.9 Å². The number of urea groups is 1. The number of ether oxygens (including phenoxy) is 2. The van der Waals surface area contributed by atoms with Crippen LogP contribution in [0.5, 0.6) is 11.5 Å². The quantitative estimate of drug-likeness (QED) is 0.744. The molecule has 28 heavy (non-hydrogen) atoms. The van der Waals surface area contributed by atoms with Gasteiger partial charge in [0.25, 0.3) is 5.91 Å². The van der Waals surface area contributed by atoms with Crippen molar-refractivity contribution in [1.82, 2.24) is 15.1 Å². The Labute approximate surface area is 164 Å². The normalized spacial score (nSPS) is 21.1. The lowest BCUT2D eigenvalue weighted by atomic mass is 9.98. The van der Waals surface area contributed by atoms with Crippen LogP contribution in [0.3, 0.4) is 0 Å². The molecule has 1 aromatic rings. The van der Waals surface area contributed by atoms with E-state index in [4.69, 9.17) is 9.47 Å². The number of imide groups is 1. The van der Waals surface area contributed by atoms with Gasteiger partial charge in [-0.3, -0.25) is 14.5 Å². The van der Waals surface area contributed by atoms with Crippen LogP contribution in [0.4, 0.5) is 4.79 Å². The van der Waals surface area contributed by atoms with E-state index in [1.54, 1.807) is 33.0 Å². The van der Waals surface area contributed by atoms with Gasteiger partial charge >= 0.3 is 6.03 Å². The number of amides is 4. The second kappa shape index (κ2) is 7.69. The van der Waals surface area contributed by atoms with Gasteiger partial charge in [0.15, 0.2) is 11.5 Å². The second-order valence-corrected chi connectivity index (χ2v) is 7.83. The van der Waals surface area contributed by atoms with Crippen molar-refractivity contribution in [3.63, 3.8) is 0 Å². The van der Waals surface area contributed by atoms with Crippen LogP contribution in [0.1, 0.15) is 25.8 Å². The van der Waals surface area contributed by atoms with Gasteiger partial charge in [-0.15, -0.1) is 0 Å². The first-order valence-corrected chi connectivity index (χ1v) is 9.38. The molecule has 1 unspecified atom stereocenters. The summed E-state index contributed by atoms with van der Waals surface area (Å²) in [6.07, 6.45) is 1.70. The van der Waals surface area contributed by atoms with Gasteiger partial charge in [-0.2, -0.15) is 0 Å². The zero-order chi connectivity index (χ0) is 20.5. The minimum atomic E-state index is -0.960. The van der Waals surface area contributed by atoms with E-state index in [0.29, 0.717) is 30.5 Å². The fourth-order valence-electron chi connectivity index (χ4n) is 3.76. The van der Waals surface area contributed by atoms with E-state index in [9.17, 15) is 14.4 Å². The highest BCUT2D eigenvalue weighted by molar-refractivity contribution is 6.08. The molecule has 8 heteroatoms. The lowest BCUT2D eigenvalue weighted by molar-refractivity contribution is -0.138. The maximum absolute atomic E-state index is 12.6. The summed E-state index contributed by atoms with van der Waals surface area (Å²) in [5.74, 6) is 1.13. The highest BCUT2D eigenvalue weighted by Crippen LogP contribution is 2.30. The summed E-state index contributed by atoms with van der Waals surface area (Å²) in [4.78, 5) is 39.6. The maximum atomic E-state index is 12.6. The van der Waals surface area contributed by atoms with Gasteiger partial charge in [0.1, 0.15) is 12.1 Å². The molecule has 4 amide bonds. The van der Waals surface area contributed by atoms with Crippen molar-refractivity contribution in [1.29, 1.82) is 0 Å². The Bertz CT molecular complexity index is 792. The number of carbonyl (C=O) groups is 3. The summed E-state index contributed by atoms with van der Waals surface area (Å²) < 4.78 is 10.6. The topological polar surface area (TPSA) is 88.2 Å². The zero-order valence-electron chi connectivity index (χ0n) is 16.8. The molecule has 2 fully saturated rings. The molecule has 0 saturated carbocycles. The number of rotatable bonds is 6. The molecule has 2 heterocycles. The Balaban J connectivity index is 1.57. The van der Waals surface area contributed by atoms with Crippen LogP contribution in [0.25, 0.3) is 0 Å². The minimum Gasteiger partial charge on any atom is -0.493 e. The molecular formula is C20H27N3O5. The van der Waals surface area contributed by atoms with Crippen molar-refractivity contribution >= 4 is 17.8 Å². The average Bonchev–Trinajstić information content (AvgIpc) is 3.19. The first kappa shape index (κ1) is 20.0. The average molecular weight is 389 g/mol. The molecule has 0 aromatic heterocycles. The first-order valence-electron chi connectivity index (χ1n) is 9.38. The van der Waals surface area contributed by atoms with Crippen molar-refractivity contribution in [3.05, 3.63) is 23.8 Å². The molecule has 2 saturated heterocycles. The Morgan fingerprint density at radius 1 is 1.21 bits per heavy atom. The molecule has 0 radical (unpaired) electrons. The van der Waals surface area contributed by atoms with Crippen LogP contribution < -0.4 is 14.8 Å². The van der Waals surface area contributed by atoms with Gasteiger partial charge in [0.2, 0.25) is 5.91 Å². The number of benzene rings is 1. The molecule has 1 aromatic carbocycles. The third-order valence-corrected chi connectivity index (χ3v) is 5.35. The Morgan fingerprint density at radius 2 is 1.93 bits per heavy atom. The molecule has 3 rings (SSSR count). The predicted octanol–water partition coefficient (Wildman–Crippen LogP) is 1.43. The van der Waals surface area contributed by atoms with E-state index < -0.39 is 11.6 Å². The van der Waals surface area contributed by atoms with E-state index in [1.807, 2.05) is 18.2 Å². The Kier molecular flexibility index (Phi) is 5.49. The van der Waals surface area contributed by atoms with Crippen LogP contribution in [0, 0.1) is 5.92 Å².